The van der Waals surface area contributed by atoms with Crippen LogP contribution in [0.2, 0.25) is 0 Å². The Kier molecular flexibility index (Phi) is 2.63. The number of aromatic nitrogens is 1. The Morgan fingerprint density at radius 1 is 1.62 bits per heavy atom. The number of hydrogen-bond acceptors (Lipinski definition) is 3. The Bertz CT molecular complexity index is 398. The SMILES string of the molecule is CC1(C)COCCN1C(=O)c1cc(N)c[nH]1. The number of ether oxygens (including phenoxy) is 1. The molecule has 16 heavy (non-hydrogen) atoms. The summed E-state index contributed by atoms with van der Waals surface area (Å²) in [5.74, 6) is -0.0231. The van der Waals surface area contributed by atoms with Gasteiger partial charge in [0.2, 0.25) is 0 Å². The van der Waals surface area contributed by atoms with Crippen molar-refractivity contribution in [3.8, 4) is 0 Å². The molecule has 1 amide bonds. The second-order valence-corrected chi connectivity index (χ2v) is 4.67. The Morgan fingerprint density at radius 2 is 2.38 bits per heavy atom. The Balaban J connectivity index is 2.20. The summed E-state index contributed by atoms with van der Waals surface area (Å²) in [7, 11) is 0. The van der Waals surface area contributed by atoms with Gasteiger partial charge in [0.1, 0.15) is 5.69 Å². The van der Waals surface area contributed by atoms with E-state index in [4.69, 9.17) is 10.5 Å². The summed E-state index contributed by atoms with van der Waals surface area (Å²) in [5, 5.41) is 0. The van der Waals surface area contributed by atoms with Crippen LogP contribution in [0.5, 0.6) is 0 Å². The third-order valence-electron chi connectivity index (χ3n) is 2.83. The third kappa shape index (κ3) is 1.90. The molecule has 5 heteroatoms. The van der Waals surface area contributed by atoms with E-state index in [1.807, 2.05) is 18.7 Å². The van der Waals surface area contributed by atoms with E-state index in [1.165, 1.54) is 0 Å². The van der Waals surface area contributed by atoms with Gasteiger partial charge in [-0.2, -0.15) is 0 Å². The zero-order valence-corrected chi connectivity index (χ0v) is 9.62. The summed E-state index contributed by atoms with van der Waals surface area (Å²) < 4.78 is 5.38. The Morgan fingerprint density at radius 3 is 2.94 bits per heavy atom. The van der Waals surface area contributed by atoms with E-state index in [1.54, 1.807) is 12.3 Å². The molecule has 88 valence electrons. The molecule has 0 spiro atoms. The zero-order valence-electron chi connectivity index (χ0n) is 9.62. The van der Waals surface area contributed by atoms with Gasteiger partial charge in [0, 0.05) is 18.4 Å². The smallest absolute Gasteiger partial charge is 0.270 e. The highest BCUT2D eigenvalue weighted by atomic mass is 16.5. The zero-order chi connectivity index (χ0) is 11.8. The number of amides is 1. The fourth-order valence-electron chi connectivity index (χ4n) is 1.91. The van der Waals surface area contributed by atoms with E-state index < -0.39 is 0 Å². The van der Waals surface area contributed by atoms with E-state index in [2.05, 4.69) is 4.98 Å². The number of nitrogens with two attached hydrogens (primary N) is 1. The molecule has 1 fully saturated rings. The van der Waals surface area contributed by atoms with E-state index in [-0.39, 0.29) is 11.4 Å². The van der Waals surface area contributed by atoms with Crippen LogP contribution in [0.3, 0.4) is 0 Å². The van der Waals surface area contributed by atoms with Gasteiger partial charge in [0.25, 0.3) is 5.91 Å². The lowest BCUT2D eigenvalue weighted by atomic mass is 10.0. The van der Waals surface area contributed by atoms with Crippen molar-refractivity contribution in [3.05, 3.63) is 18.0 Å². The number of nitrogens with one attached hydrogen (secondary N) is 1. The Labute approximate surface area is 94.6 Å². The van der Waals surface area contributed by atoms with Gasteiger partial charge in [-0.25, -0.2) is 0 Å². The molecule has 3 N–H and O–H groups in total. The standard InChI is InChI=1S/C11H17N3O2/c1-11(2)7-16-4-3-14(11)10(15)9-5-8(12)6-13-9/h5-6,13H,3-4,7,12H2,1-2H3. The third-order valence-corrected chi connectivity index (χ3v) is 2.83. The molecule has 2 rings (SSSR count). The van der Waals surface area contributed by atoms with Crippen molar-refractivity contribution in [1.29, 1.82) is 0 Å². The van der Waals surface area contributed by atoms with Gasteiger partial charge < -0.3 is 20.4 Å². The fourth-order valence-corrected chi connectivity index (χ4v) is 1.91. The van der Waals surface area contributed by atoms with Crippen LogP contribution < -0.4 is 5.73 Å². The van der Waals surface area contributed by atoms with Crippen molar-refractivity contribution in [2.75, 3.05) is 25.5 Å². The highest BCUT2D eigenvalue weighted by Gasteiger charge is 2.34. The molecular formula is C11H17N3O2. The van der Waals surface area contributed by atoms with Crippen molar-refractivity contribution < 1.29 is 9.53 Å². The van der Waals surface area contributed by atoms with Gasteiger partial charge >= 0.3 is 0 Å². The first-order chi connectivity index (χ1) is 7.50. The number of rotatable bonds is 1. The molecule has 0 unspecified atom stereocenters. The summed E-state index contributed by atoms with van der Waals surface area (Å²) in [6.07, 6.45) is 1.63. The average molecular weight is 223 g/mol. The average Bonchev–Trinajstić information content (AvgIpc) is 2.63. The molecule has 1 aliphatic heterocycles. The number of H-pyrrole nitrogens is 1. The number of morpholine rings is 1. The van der Waals surface area contributed by atoms with Crippen molar-refractivity contribution in [1.82, 2.24) is 9.88 Å². The minimum atomic E-state index is -0.269. The van der Waals surface area contributed by atoms with Gasteiger partial charge in [0.05, 0.1) is 18.8 Å². The lowest BCUT2D eigenvalue weighted by Crippen LogP contribution is -2.55. The van der Waals surface area contributed by atoms with Crippen LogP contribution in [0.15, 0.2) is 12.3 Å². The maximum atomic E-state index is 12.2. The van der Waals surface area contributed by atoms with Crippen LogP contribution in [0.25, 0.3) is 0 Å². The number of nitrogen functional groups attached to an aromatic ring is 1. The van der Waals surface area contributed by atoms with E-state index in [0.717, 1.165) is 0 Å². The van der Waals surface area contributed by atoms with E-state index in [9.17, 15) is 4.79 Å². The predicted octanol–water partition coefficient (Wildman–Crippen LogP) is 0.848. The van der Waals surface area contributed by atoms with Crippen LogP contribution in [0.1, 0.15) is 24.3 Å². The molecule has 0 aliphatic carbocycles. The van der Waals surface area contributed by atoms with Crippen LogP contribution in [0, 0.1) is 0 Å². The second kappa shape index (κ2) is 3.83. The largest absolute Gasteiger partial charge is 0.397 e. The number of aromatic amines is 1. The number of hydrogen-bond donors (Lipinski definition) is 2. The summed E-state index contributed by atoms with van der Waals surface area (Å²) in [5.41, 5.74) is 6.43. The van der Waals surface area contributed by atoms with Crippen LogP contribution in [-0.2, 0) is 4.74 Å². The van der Waals surface area contributed by atoms with Gasteiger partial charge in [0.15, 0.2) is 0 Å². The van der Waals surface area contributed by atoms with Crippen LogP contribution >= 0.6 is 0 Å². The monoisotopic (exact) mass is 223 g/mol. The maximum absolute atomic E-state index is 12.2. The quantitative estimate of drug-likeness (QED) is 0.741. The molecule has 0 atom stereocenters. The molecule has 0 bridgehead atoms. The molecule has 0 aromatic carbocycles. The van der Waals surface area contributed by atoms with Crippen molar-refractivity contribution >= 4 is 11.6 Å². The lowest BCUT2D eigenvalue weighted by molar-refractivity contribution is -0.0372. The van der Waals surface area contributed by atoms with E-state index >= 15 is 0 Å². The normalized spacial score (nSPS) is 19.8. The molecule has 0 radical (unpaired) electrons. The maximum Gasteiger partial charge on any atom is 0.270 e. The molecule has 1 aliphatic rings. The number of nitrogens with zero attached hydrogens (tertiary/aromatic N) is 1. The summed E-state index contributed by atoms with van der Waals surface area (Å²) in [6, 6.07) is 1.66. The molecule has 1 aromatic heterocycles. The molecule has 0 saturated carbocycles. The number of anilines is 1. The van der Waals surface area contributed by atoms with Crippen molar-refractivity contribution in [2.45, 2.75) is 19.4 Å². The first-order valence-corrected chi connectivity index (χ1v) is 5.34. The number of carbonyl (C=O) groups excluding carboxylic acids is 1. The first kappa shape index (κ1) is 11.0. The van der Waals surface area contributed by atoms with Gasteiger partial charge in [-0.1, -0.05) is 0 Å². The highest BCUT2D eigenvalue weighted by Crippen LogP contribution is 2.21. The molecule has 1 aromatic rings. The molecule has 2 heterocycles. The van der Waals surface area contributed by atoms with Crippen LogP contribution in [-0.4, -0.2) is 41.1 Å². The van der Waals surface area contributed by atoms with Crippen LogP contribution in [0.4, 0.5) is 5.69 Å². The summed E-state index contributed by atoms with van der Waals surface area (Å²) in [4.78, 5) is 16.9. The fraction of sp³-hybridized carbons (Fsp3) is 0.545. The lowest BCUT2D eigenvalue weighted by Gasteiger charge is -2.41. The van der Waals surface area contributed by atoms with Gasteiger partial charge in [-0.15, -0.1) is 0 Å². The molecule has 5 nitrogen and oxygen atoms in total. The summed E-state index contributed by atoms with van der Waals surface area (Å²) in [6.45, 7) is 5.76. The van der Waals surface area contributed by atoms with Gasteiger partial charge in [-0.05, 0) is 19.9 Å². The molecular weight excluding hydrogens is 206 g/mol. The highest BCUT2D eigenvalue weighted by molar-refractivity contribution is 5.94. The van der Waals surface area contributed by atoms with E-state index in [0.29, 0.717) is 31.1 Å². The van der Waals surface area contributed by atoms with Crippen molar-refractivity contribution in [3.63, 3.8) is 0 Å². The second-order valence-electron chi connectivity index (χ2n) is 4.67. The Hall–Kier alpha value is -1.49. The number of carbonyl (C=O) groups is 1. The molecule has 1 saturated heterocycles. The first-order valence-electron chi connectivity index (χ1n) is 5.34. The van der Waals surface area contributed by atoms with Gasteiger partial charge in [-0.3, -0.25) is 4.79 Å². The minimum Gasteiger partial charge on any atom is -0.397 e. The minimum absolute atomic E-state index is 0.0231. The topological polar surface area (TPSA) is 71.3 Å². The summed E-state index contributed by atoms with van der Waals surface area (Å²) >= 11 is 0. The van der Waals surface area contributed by atoms with Crippen molar-refractivity contribution in [2.24, 2.45) is 0 Å². The predicted molar refractivity (Wildman–Crippen MR) is 61.1 cm³/mol.